The number of aromatic amines is 1. The number of fused-ring (bicyclic) bond motifs is 2. The van der Waals surface area contributed by atoms with E-state index in [4.69, 9.17) is 16.3 Å². The number of rotatable bonds is 8. The van der Waals surface area contributed by atoms with Crippen LogP contribution in [0.25, 0.3) is 21.8 Å². The number of hydrogen-bond donors (Lipinski definition) is 2. The van der Waals surface area contributed by atoms with Gasteiger partial charge in [-0.3, -0.25) is 0 Å². The average Bonchev–Trinajstić information content (AvgIpc) is 3.25. The maximum atomic E-state index is 6.22. The molecule has 5 aromatic rings. The molecule has 0 bridgehead atoms. The minimum Gasteiger partial charge on any atom is -0.489 e. The Labute approximate surface area is 192 Å². The normalized spacial score (nSPS) is 11.3. The Morgan fingerprint density at radius 2 is 1.69 bits per heavy atom. The summed E-state index contributed by atoms with van der Waals surface area (Å²) in [7, 11) is 0. The second kappa shape index (κ2) is 9.43. The lowest BCUT2D eigenvalue weighted by Gasteiger charge is -2.15. The lowest BCUT2D eigenvalue weighted by atomic mass is 10.0. The maximum absolute atomic E-state index is 6.22. The van der Waals surface area contributed by atoms with E-state index in [1.807, 2.05) is 42.5 Å². The lowest BCUT2D eigenvalue weighted by Crippen LogP contribution is -2.18. The van der Waals surface area contributed by atoms with E-state index in [1.54, 1.807) is 0 Å². The molecule has 0 radical (unpaired) electrons. The summed E-state index contributed by atoms with van der Waals surface area (Å²) in [4.78, 5) is 8.06. The second-order valence-corrected chi connectivity index (χ2v) is 8.24. The van der Waals surface area contributed by atoms with Gasteiger partial charge in [0.05, 0.1) is 11.0 Å². The van der Waals surface area contributed by atoms with Crippen LogP contribution in [0, 0.1) is 0 Å². The van der Waals surface area contributed by atoms with Gasteiger partial charge < -0.3 is 15.0 Å². The van der Waals surface area contributed by atoms with Crippen molar-refractivity contribution >= 4 is 33.4 Å². The molecule has 0 fully saturated rings. The first kappa shape index (κ1) is 20.6. The number of ether oxygens (including phenoxy) is 1. The highest BCUT2D eigenvalue weighted by molar-refractivity contribution is 6.30. The van der Waals surface area contributed by atoms with Crippen molar-refractivity contribution in [1.82, 2.24) is 15.3 Å². The number of halogens is 1. The van der Waals surface area contributed by atoms with Crippen LogP contribution < -0.4 is 10.1 Å². The van der Waals surface area contributed by atoms with E-state index in [-0.39, 0.29) is 0 Å². The number of nitrogens with one attached hydrogen (secondary N) is 2. The molecule has 0 aliphatic carbocycles. The third kappa shape index (κ3) is 4.62. The zero-order valence-electron chi connectivity index (χ0n) is 17.6. The molecule has 32 heavy (non-hydrogen) atoms. The fourth-order valence-corrected chi connectivity index (χ4v) is 4.05. The minimum absolute atomic E-state index is 0.501. The summed E-state index contributed by atoms with van der Waals surface area (Å²) in [5.41, 5.74) is 4.34. The van der Waals surface area contributed by atoms with Crippen LogP contribution in [0.3, 0.4) is 0 Å². The quantitative estimate of drug-likeness (QED) is 0.278. The third-order valence-electron chi connectivity index (χ3n) is 5.58. The number of benzene rings is 4. The van der Waals surface area contributed by atoms with Gasteiger partial charge in [0, 0.05) is 30.1 Å². The van der Waals surface area contributed by atoms with Crippen LogP contribution in [0.4, 0.5) is 0 Å². The van der Waals surface area contributed by atoms with E-state index in [0.717, 1.165) is 52.7 Å². The van der Waals surface area contributed by atoms with Gasteiger partial charge in [0.2, 0.25) is 0 Å². The summed E-state index contributed by atoms with van der Waals surface area (Å²) in [5.74, 6) is 1.89. The van der Waals surface area contributed by atoms with Crippen molar-refractivity contribution in [3.05, 3.63) is 107 Å². The number of H-pyrrole nitrogens is 1. The predicted molar refractivity (Wildman–Crippen MR) is 131 cm³/mol. The van der Waals surface area contributed by atoms with Gasteiger partial charge in [-0.2, -0.15) is 0 Å². The second-order valence-electron chi connectivity index (χ2n) is 7.81. The van der Waals surface area contributed by atoms with Crippen LogP contribution in [-0.4, -0.2) is 16.5 Å². The molecule has 0 unspecified atom stereocenters. The summed E-state index contributed by atoms with van der Waals surface area (Å²) in [6.07, 6.45) is 0.834. The van der Waals surface area contributed by atoms with Crippen molar-refractivity contribution in [2.45, 2.75) is 19.6 Å². The van der Waals surface area contributed by atoms with Crippen LogP contribution in [0.5, 0.6) is 5.75 Å². The van der Waals surface area contributed by atoms with E-state index in [1.165, 1.54) is 16.3 Å². The molecule has 0 aliphatic heterocycles. The molecule has 0 saturated heterocycles. The Morgan fingerprint density at radius 3 is 2.56 bits per heavy atom. The standard InChI is InChI=1S/C27H24ClN3O/c28-21-12-9-19(10-13-21)18-32-26-14-11-20-5-1-2-6-22(20)23(26)17-29-16-15-27-30-24-7-3-4-8-25(24)31-27/h1-14,29H,15-18H2,(H,30,31). The number of aromatic nitrogens is 2. The predicted octanol–water partition coefficient (Wildman–Crippen LogP) is 6.28. The molecule has 0 amide bonds. The minimum atomic E-state index is 0.501. The molecule has 4 aromatic carbocycles. The lowest BCUT2D eigenvalue weighted by molar-refractivity contribution is 0.303. The van der Waals surface area contributed by atoms with Crippen molar-refractivity contribution < 1.29 is 4.74 Å². The van der Waals surface area contributed by atoms with Gasteiger partial charge in [-0.15, -0.1) is 0 Å². The molecule has 1 aromatic heterocycles. The number of nitrogens with zero attached hydrogens (tertiary/aromatic N) is 1. The maximum Gasteiger partial charge on any atom is 0.124 e. The molecule has 5 rings (SSSR count). The van der Waals surface area contributed by atoms with E-state index >= 15 is 0 Å². The van der Waals surface area contributed by atoms with Crippen molar-refractivity contribution in [2.75, 3.05) is 6.54 Å². The Balaban J connectivity index is 1.29. The first-order valence-electron chi connectivity index (χ1n) is 10.8. The first-order valence-corrected chi connectivity index (χ1v) is 11.2. The topological polar surface area (TPSA) is 49.9 Å². The largest absolute Gasteiger partial charge is 0.489 e. The van der Waals surface area contributed by atoms with Crippen molar-refractivity contribution in [1.29, 1.82) is 0 Å². The SMILES string of the molecule is Clc1ccc(COc2ccc3ccccc3c2CNCCc2nc3ccccc3[nH]2)cc1. The van der Waals surface area contributed by atoms with Crippen LogP contribution in [0.1, 0.15) is 17.0 Å². The van der Waals surface area contributed by atoms with Crippen molar-refractivity contribution in [3.8, 4) is 5.75 Å². The first-order chi connectivity index (χ1) is 15.8. The third-order valence-corrected chi connectivity index (χ3v) is 5.84. The van der Waals surface area contributed by atoms with Crippen LogP contribution >= 0.6 is 11.6 Å². The van der Waals surface area contributed by atoms with Gasteiger partial charge in [-0.25, -0.2) is 4.98 Å². The molecule has 0 spiro atoms. The highest BCUT2D eigenvalue weighted by Crippen LogP contribution is 2.29. The molecule has 5 heteroatoms. The average molecular weight is 442 g/mol. The number of para-hydroxylation sites is 2. The molecule has 4 nitrogen and oxygen atoms in total. The Morgan fingerprint density at radius 1 is 0.875 bits per heavy atom. The summed E-state index contributed by atoms with van der Waals surface area (Å²) in [6, 6.07) is 28.5. The fraction of sp³-hybridized carbons (Fsp3) is 0.148. The van der Waals surface area contributed by atoms with Gasteiger partial charge in [-0.1, -0.05) is 66.2 Å². The van der Waals surface area contributed by atoms with E-state index < -0.39 is 0 Å². The number of imidazole rings is 1. The zero-order chi connectivity index (χ0) is 21.8. The highest BCUT2D eigenvalue weighted by Gasteiger charge is 2.10. The molecule has 0 aliphatic rings. The van der Waals surface area contributed by atoms with Crippen LogP contribution in [0.2, 0.25) is 5.02 Å². The summed E-state index contributed by atoms with van der Waals surface area (Å²) in [6.45, 7) is 2.04. The Bertz CT molecular complexity index is 1310. The molecule has 160 valence electrons. The molecular formula is C27H24ClN3O. The van der Waals surface area contributed by atoms with Gasteiger partial charge in [0.25, 0.3) is 0 Å². The highest BCUT2D eigenvalue weighted by atomic mass is 35.5. The van der Waals surface area contributed by atoms with Gasteiger partial charge >= 0.3 is 0 Å². The van der Waals surface area contributed by atoms with E-state index in [2.05, 4.69) is 57.7 Å². The van der Waals surface area contributed by atoms with E-state index in [9.17, 15) is 0 Å². The Kier molecular flexibility index (Phi) is 6.06. The van der Waals surface area contributed by atoms with Gasteiger partial charge in [0.15, 0.2) is 0 Å². The molecule has 2 N–H and O–H groups in total. The molecule has 0 saturated carbocycles. The van der Waals surface area contributed by atoms with Crippen LogP contribution in [-0.2, 0) is 19.6 Å². The molecular weight excluding hydrogens is 418 g/mol. The molecule has 0 atom stereocenters. The Hall–Kier alpha value is -3.34. The van der Waals surface area contributed by atoms with Gasteiger partial charge in [-0.05, 0) is 46.7 Å². The molecule has 1 heterocycles. The zero-order valence-corrected chi connectivity index (χ0v) is 18.4. The van der Waals surface area contributed by atoms with Crippen molar-refractivity contribution in [3.63, 3.8) is 0 Å². The fourth-order valence-electron chi connectivity index (χ4n) is 3.92. The van der Waals surface area contributed by atoms with Crippen LogP contribution in [0.15, 0.2) is 84.9 Å². The summed E-state index contributed by atoms with van der Waals surface area (Å²) < 4.78 is 6.22. The monoisotopic (exact) mass is 441 g/mol. The van der Waals surface area contributed by atoms with E-state index in [0.29, 0.717) is 6.61 Å². The smallest absolute Gasteiger partial charge is 0.124 e. The summed E-state index contributed by atoms with van der Waals surface area (Å²) >= 11 is 6.00. The van der Waals surface area contributed by atoms with Crippen molar-refractivity contribution in [2.24, 2.45) is 0 Å². The number of hydrogen-bond acceptors (Lipinski definition) is 3. The van der Waals surface area contributed by atoms with Gasteiger partial charge in [0.1, 0.15) is 18.2 Å². The summed E-state index contributed by atoms with van der Waals surface area (Å²) in [5, 5.41) is 6.72.